The molecular formula is C19H29N3OS. The van der Waals surface area contributed by atoms with Gasteiger partial charge in [0.25, 0.3) is 0 Å². The smallest absolute Gasteiger partial charge is 0.0916 e. The highest BCUT2D eigenvalue weighted by molar-refractivity contribution is 7.12. The topological polar surface area (TPSA) is 30.3 Å². The van der Waals surface area contributed by atoms with E-state index in [0.717, 1.165) is 31.9 Å². The van der Waals surface area contributed by atoms with Crippen molar-refractivity contribution >= 4 is 11.3 Å². The number of hydrogen-bond acceptors (Lipinski definition) is 4. The van der Waals surface area contributed by atoms with Crippen LogP contribution in [-0.4, -0.2) is 27.8 Å². The molecule has 0 saturated carbocycles. The van der Waals surface area contributed by atoms with Crippen LogP contribution in [0.4, 0.5) is 0 Å². The number of aryl methyl sites for hydroxylation is 2. The molecule has 1 fully saturated rings. The van der Waals surface area contributed by atoms with Crippen LogP contribution >= 0.6 is 11.3 Å². The van der Waals surface area contributed by atoms with Crippen LogP contribution in [0.15, 0.2) is 12.1 Å². The van der Waals surface area contributed by atoms with E-state index < -0.39 is 0 Å². The monoisotopic (exact) mass is 347 g/mol. The first-order valence-electron chi connectivity index (χ1n) is 9.00. The second kappa shape index (κ2) is 7.81. The van der Waals surface area contributed by atoms with Gasteiger partial charge in [0.15, 0.2) is 0 Å². The molecule has 2 aromatic rings. The van der Waals surface area contributed by atoms with E-state index in [0.29, 0.717) is 6.10 Å². The zero-order valence-electron chi connectivity index (χ0n) is 15.3. The van der Waals surface area contributed by atoms with Crippen molar-refractivity contribution in [3.8, 4) is 0 Å². The Kier molecular flexibility index (Phi) is 5.74. The van der Waals surface area contributed by atoms with Crippen molar-refractivity contribution in [1.82, 2.24) is 14.7 Å². The highest BCUT2D eigenvalue weighted by Gasteiger charge is 2.19. The number of thiophene rings is 1. The average Bonchev–Trinajstić information content (AvgIpc) is 3.15. The lowest BCUT2D eigenvalue weighted by molar-refractivity contribution is 0.0172. The van der Waals surface area contributed by atoms with Crippen LogP contribution in [0, 0.1) is 13.8 Å². The molecule has 2 aromatic heterocycles. The van der Waals surface area contributed by atoms with E-state index in [1.165, 1.54) is 40.3 Å². The van der Waals surface area contributed by atoms with Crippen LogP contribution < -0.4 is 0 Å². The zero-order valence-corrected chi connectivity index (χ0v) is 16.2. The maximum absolute atomic E-state index is 5.92. The Morgan fingerprint density at radius 3 is 2.75 bits per heavy atom. The normalized spacial score (nSPS) is 18.5. The van der Waals surface area contributed by atoms with E-state index >= 15 is 0 Å². The molecule has 5 heteroatoms. The van der Waals surface area contributed by atoms with E-state index in [2.05, 4.69) is 42.9 Å². The summed E-state index contributed by atoms with van der Waals surface area (Å²) in [7, 11) is 2.03. The van der Waals surface area contributed by atoms with Crippen molar-refractivity contribution in [2.45, 2.75) is 59.2 Å². The van der Waals surface area contributed by atoms with E-state index in [-0.39, 0.29) is 0 Å². The molecule has 4 nitrogen and oxygen atoms in total. The minimum absolute atomic E-state index is 0.329. The maximum atomic E-state index is 5.92. The first kappa shape index (κ1) is 17.6. The molecule has 0 N–H and O–H groups in total. The lowest BCUT2D eigenvalue weighted by Crippen LogP contribution is -2.22. The molecule has 0 amide bonds. The van der Waals surface area contributed by atoms with Gasteiger partial charge in [-0.15, -0.1) is 11.3 Å². The van der Waals surface area contributed by atoms with Gasteiger partial charge in [-0.05, 0) is 51.8 Å². The average molecular weight is 348 g/mol. The lowest BCUT2D eigenvalue weighted by Gasteiger charge is -2.22. The Bertz CT molecular complexity index is 670. The molecule has 24 heavy (non-hydrogen) atoms. The summed E-state index contributed by atoms with van der Waals surface area (Å²) in [4.78, 5) is 5.32. The number of ether oxygens (including phenoxy) is 1. The van der Waals surface area contributed by atoms with Gasteiger partial charge in [0.2, 0.25) is 0 Å². The molecule has 132 valence electrons. The van der Waals surface area contributed by atoms with E-state index in [4.69, 9.17) is 4.74 Å². The second-order valence-corrected chi connectivity index (χ2v) is 7.94. The molecule has 0 bridgehead atoms. The quantitative estimate of drug-likeness (QED) is 0.778. The highest BCUT2D eigenvalue weighted by Crippen LogP contribution is 2.33. The van der Waals surface area contributed by atoms with Crippen LogP contribution in [0.2, 0.25) is 0 Å². The van der Waals surface area contributed by atoms with Crippen LogP contribution in [0.25, 0.3) is 0 Å². The third-order valence-corrected chi connectivity index (χ3v) is 6.21. The van der Waals surface area contributed by atoms with E-state index in [9.17, 15) is 0 Å². The van der Waals surface area contributed by atoms with Gasteiger partial charge >= 0.3 is 0 Å². The summed E-state index contributed by atoms with van der Waals surface area (Å²) >= 11 is 1.92. The molecule has 0 aromatic carbocycles. The van der Waals surface area contributed by atoms with Crippen molar-refractivity contribution in [3.63, 3.8) is 0 Å². The molecule has 1 atom stereocenters. The lowest BCUT2D eigenvalue weighted by atomic mass is 10.1. The molecule has 0 aliphatic carbocycles. The van der Waals surface area contributed by atoms with Gasteiger partial charge in [0.05, 0.1) is 11.8 Å². The third kappa shape index (κ3) is 3.90. The molecular weight excluding hydrogens is 318 g/mol. The summed E-state index contributed by atoms with van der Waals surface area (Å²) in [5, 5.41) is 4.55. The van der Waals surface area contributed by atoms with Gasteiger partial charge in [-0.1, -0.05) is 6.92 Å². The first-order chi connectivity index (χ1) is 11.6. The van der Waals surface area contributed by atoms with Gasteiger partial charge in [-0.2, -0.15) is 5.10 Å². The minimum Gasteiger partial charge on any atom is -0.373 e. The summed E-state index contributed by atoms with van der Waals surface area (Å²) in [6.07, 6.45) is 4.00. The summed E-state index contributed by atoms with van der Waals surface area (Å²) in [5.74, 6) is 0. The SMILES string of the molecule is CCN(Cc1ccc([C@H]2CCCCO2)s1)Cc1c(C)nn(C)c1C. The van der Waals surface area contributed by atoms with Crippen molar-refractivity contribution in [1.29, 1.82) is 0 Å². The fourth-order valence-corrected chi connectivity index (χ4v) is 4.53. The minimum atomic E-state index is 0.329. The predicted octanol–water partition coefficient (Wildman–Crippen LogP) is 4.36. The van der Waals surface area contributed by atoms with E-state index in [1.54, 1.807) is 0 Å². The molecule has 1 aliphatic heterocycles. The number of aromatic nitrogens is 2. The van der Waals surface area contributed by atoms with Crippen molar-refractivity contribution < 1.29 is 4.74 Å². The summed E-state index contributed by atoms with van der Waals surface area (Å²) in [5.41, 5.74) is 3.79. The van der Waals surface area contributed by atoms with Gasteiger partial charge in [-0.25, -0.2) is 0 Å². The van der Waals surface area contributed by atoms with Gasteiger partial charge in [0, 0.05) is 47.8 Å². The molecule has 0 unspecified atom stereocenters. The molecule has 3 heterocycles. The first-order valence-corrected chi connectivity index (χ1v) is 9.81. The number of hydrogen-bond donors (Lipinski definition) is 0. The highest BCUT2D eigenvalue weighted by atomic mass is 32.1. The fourth-order valence-electron chi connectivity index (χ4n) is 3.39. The van der Waals surface area contributed by atoms with Crippen LogP contribution in [0.1, 0.15) is 59.0 Å². The Balaban J connectivity index is 1.66. The molecule has 3 rings (SSSR count). The van der Waals surface area contributed by atoms with Crippen molar-refractivity contribution in [2.75, 3.05) is 13.2 Å². The fraction of sp³-hybridized carbons (Fsp3) is 0.632. The molecule has 1 aliphatic rings. The van der Waals surface area contributed by atoms with E-state index in [1.807, 2.05) is 23.1 Å². The number of nitrogens with zero attached hydrogens (tertiary/aromatic N) is 3. The van der Waals surface area contributed by atoms with Crippen LogP contribution in [0.3, 0.4) is 0 Å². The summed E-state index contributed by atoms with van der Waals surface area (Å²) in [6, 6.07) is 4.55. The van der Waals surface area contributed by atoms with Crippen LogP contribution in [-0.2, 0) is 24.9 Å². The molecule has 1 saturated heterocycles. The Labute approximate surface area is 149 Å². The number of rotatable bonds is 6. The Hall–Kier alpha value is -1.17. The third-order valence-electron chi connectivity index (χ3n) is 5.05. The standard InChI is InChI=1S/C19H29N3OS/c1-5-22(13-17-14(2)20-21(4)15(17)3)12-16-9-10-19(24-16)18-8-6-7-11-23-18/h9-10,18H,5-8,11-13H2,1-4H3/t18-/m1/s1. The Morgan fingerprint density at radius 2 is 2.12 bits per heavy atom. The van der Waals surface area contributed by atoms with Gasteiger partial charge in [-0.3, -0.25) is 9.58 Å². The van der Waals surface area contributed by atoms with Gasteiger partial charge in [0.1, 0.15) is 0 Å². The predicted molar refractivity (Wildman–Crippen MR) is 99.3 cm³/mol. The maximum Gasteiger partial charge on any atom is 0.0916 e. The Morgan fingerprint density at radius 1 is 1.29 bits per heavy atom. The molecule has 0 spiro atoms. The van der Waals surface area contributed by atoms with Crippen molar-refractivity contribution in [3.05, 3.63) is 38.8 Å². The van der Waals surface area contributed by atoms with Gasteiger partial charge < -0.3 is 4.74 Å². The largest absolute Gasteiger partial charge is 0.373 e. The summed E-state index contributed by atoms with van der Waals surface area (Å²) < 4.78 is 7.91. The zero-order chi connectivity index (χ0) is 17.1. The summed E-state index contributed by atoms with van der Waals surface area (Å²) in [6.45, 7) is 10.4. The van der Waals surface area contributed by atoms with Crippen LogP contribution in [0.5, 0.6) is 0 Å². The molecule has 0 radical (unpaired) electrons. The second-order valence-electron chi connectivity index (χ2n) is 6.74. The van der Waals surface area contributed by atoms with Crippen molar-refractivity contribution in [2.24, 2.45) is 7.05 Å².